The van der Waals surface area contributed by atoms with Crippen LogP contribution in [-0.4, -0.2) is 34.5 Å². The van der Waals surface area contributed by atoms with Crippen molar-refractivity contribution in [1.29, 1.82) is 0 Å². The van der Waals surface area contributed by atoms with Gasteiger partial charge in [0.05, 0.1) is 0 Å². The summed E-state index contributed by atoms with van der Waals surface area (Å²) in [4.78, 5) is 26.4. The number of rotatable bonds is 9. The molecule has 124 valence electrons. The van der Waals surface area contributed by atoms with Crippen molar-refractivity contribution in [1.82, 2.24) is 10.1 Å². The monoisotopic (exact) mass is 309 g/mol. The summed E-state index contributed by atoms with van der Waals surface area (Å²) in [7, 11) is 0. The third-order valence-corrected chi connectivity index (χ3v) is 3.67. The fourth-order valence-electron chi connectivity index (χ4n) is 2.32. The highest BCUT2D eigenvalue weighted by Crippen LogP contribution is 2.17. The predicted octanol–water partition coefficient (Wildman–Crippen LogP) is 3.07. The Morgan fingerprint density at radius 1 is 1.36 bits per heavy atom. The molecule has 1 unspecified atom stereocenters. The van der Waals surface area contributed by atoms with Gasteiger partial charge in [-0.15, -0.1) is 0 Å². The molecule has 6 heteroatoms. The third kappa shape index (κ3) is 5.50. The van der Waals surface area contributed by atoms with Gasteiger partial charge in [-0.25, -0.2) is 0 Å². The highest BCUT2D eigenvalue weighted by Gasteiger charge is 2.26. The van der Waals surface area contributed by atoms with Crippen LogP contribution in [-0.2, 0) is 9.59 Å². The summed E-state index contributed by atoms with van der Waals surface area (Å²) in [6.07, 6.45) is 5.16. The molecule has 0 fully saturated rings. The van der Waals surface area contributed by atoms with Gasteiger partial charge < -0.3 is 14.7 Å². The molecule has 0 bridgehead atoms. The van der Waals surface area contributed by atoms with Crippen molar-refractivity contribution < 1.29 is 14.1 Å². The van der Waals surface area contributed by atoms with Crippen molar-refractivity contribution in [3.63, 3.8) is 0 Å². The second-order valence-corrected chi connectivity index (χ2v) is 5.74. The molecule has 1 atom stereocenters. The summed E-state index contributed by atoms with van der Waals surface area (Å²) >= 11 is 0. The Morgan fingerprint density at radius 2 is 2.09 bits per heavy atom. The lowest BCUT2D eigenvalue weighted by Gasteiger charge is -2.29. The zero-order chi connectivity index (χ0) is 16.5. The van der Waals surface area contributed by atoms with Crippen LogP contribution < -0.4 is 5.32 Å². The zero-order valence-electron chi connectivity index (χ0n) is 14.0. The van der Waals surface area contributed by atoms with E-state index < -0.39 is 0 Å². The van der Waals surface area contributed by atoms with Gasteiger partial charge in [-0.1, -0.05) is 31.8 Å². The van der Waals surface area contributed by atoms with Crippen LogP contribution in [0.5, 0.6) is 0 Å². The number of anilines is 1. The summed E-state index contributed by atoms with van der Waals surface area (Å²) in [5, 5.41) is 6.26. The highest BCUT2D eigenvalue weighted by molar-refractivity contribution is 5.94. The molecule has 0 aliphatic heterocycles. The minimum Gasteiger partial charge on any atom is -0.363 e. The Kier molecular flexibility index (Phi) is 7.63. The van der Waals surface area contributed by atoms with E-state index in [0.717, 1.165) is 25.7 Å². The Balaban J connectivity index is 2.66. The molecule has 1 rings (SSSR count). The molecule has 0 radical (unpaired) electrons. The highest BCUT2D eigenvalue weighted by atomic mass is 16.5. The Labute approximate surface area is 132 Å². The van der Waals surface area contributed by atoms with Gasteiger partial charge >= 0.3 is 0 Å². The van der Waals surface area contributed by atoms with Crippen LogP contribution in [0.1, 0.15) is 53.4 Å². The molecule has 0 aromatic carbocycles. The fraction of sp³-hybridized carbons (Fsp3) is 0.688. The van der Waals surface area contributed by atoms with E-state index in [1.807, 2.05) is 20.8 Å². The van der Waals surface area contributed by atoms with Crippen molar-refractivity contribution in [2.24, 2.45) is 5.92 Å². The van der Waals surface area contributed by atoms with E-state index >= 15 is 0 Å². The molecular formula is C16H27N3O3. The second-order valence-electron chi connectivity index (χ2n) is 5.74. The van der Waals surface area contributed by atoms with Crippen LogP contribution in [0.15, 0.2) is 16.9 Å². The van der Waals surface area contributed by atoms with Gasteiger partial charge in [0.1, 0.15) is 12.8 Å². The largest absolute Gasteiger partial charge is 0.363 e. The smallest absolute Gasteiger partial charge is 0.245 e. The van der Waals surface area contributed by atoms with E-state index in [1.54, 1.807) is 11.0 Å². The van der Waals surface area contributed by atoms with Gasteiger partial charge in [-0.3, -0.25) is 9.59 Å². The van der Waals surface area contributed by atoms with Gasteiger partial charge in [0, 0.05) is 18.0 Å². The quantitative estimate of drug-likeness (QED) is 0.760. The summed E-state index contributed by atoms with van der Waals surface area (Å²) in [5.41, 5.74) is 0. The first-order chi connectivity index (χ1) is 10.5. The van der Waals surface area contributed by atoms with Crippen molar-refractivity contribution >= 4 is 17.6 Å². The number of carbonyl (C=O) groups excluding carboxylic acids is 2. The van der Waals surface area contributed by atoms with Crippen LogP contribution in [0.2, 0.25) is 0 Å². The number of nitrogens with zero attached hydrogens (tertiary/aromatic N) is 2. The predicted molar refractivity (Wildman–Crippen MR) is 85.3 cm³/mol. The van der Waals surface area contributed by atoms with Gasteiger partial charge in [0.15, 0.2) is 5.82 Å². The van der Waals surface area contributed by atoms with Crippen molar-refractivity contribution in [3.05, 3.63) is 12.3 Å². The van der Waals surface area contributed by atoms with Crippen LogP contribution in [0.3, 0.4) is 0 Å². The Morgan fingerprint density at radius 3 is 2.59 bits per heavy atom. The molecule has 1 aromatic rings. The average Bonchev–Trinajstić information content (AvgIpc) is 2.97. The molecule has 0 saturated carbocycles. The maximum atomic E-state index is 12.7. The maximum Gasteiger partial charge on any atom is 0.245 e. The minimum absolute atomic E-state index is 0.0119. The molecule has 0 spiro atoms. The van der Waals surface area contributed by atoms with E-state index in [2.05, 4.69) is 21.9 Å². The summed E-state index contributed by atoms with van der Waals surface area (Å²) in [6.45, 7) is 8.02. The fourth-order valence-corrected chi connectivity index (χ4v) is 2.32. The van der Waals surface area contributed by atoms with E-state index in [1.165, 1.54) is 6.26 Å². The van der Waals surface area contributed by atoms with Crippen molar-refractivity contribution in [2.75, 3.05) is 11.9 Å². The lowest BCUT2D eigenvalue weighted by atomic mass is 9.97. The van der Waals surface area contributed by atoms with Gasteiger partial charge in [0.2, 0.25) is 11.8 Å². The first kappa shape index (κ1) is 18.2. The van der Waals surface area contributed by atoms with E-state index in [-0.39, 0.29) is 30.3 Å². The number of amides is 2. The molecule has 0 aliphatic rings. The maximum absolute atomic E-state index is 12.7. The van der Waals surface area contributed by atoms with Gasteiger partial charge in [-0.05, 0) is 26.7 Å². The number of hydrogen-bond donors (Lipinski definition) is 1. The normalized spacial score (nSPS) is 12.2. The average molecular weight is 309 g/mol. The molecule has 2 amide bonds. The zero-order valence-corrected chi connectivity index (χ0v) is 14.0. The lowest BCUT2D eigenvalue weighted by Crippen LogP contribution is -2.45. The molecule has 22 heavy (non-hydrogen) atoms. The standard InChI is InChI=1S/C16H27N3O3/c1-5-7-8-13(6-2)16(21)19(12(3)4)11-15(20)17-14-9-10-22-18-14/h9-10,12-13H,5-8,11H2,1-4H3,(H,17,18,20). The Bertz CT molecular complexity index is 457. The number of unbranched alkanes of at least 4 members (excludes halogenated alkanes) is 1. The number of carbonyl (C=O) groups is 2. The van der Waals surface area contributed by atoms with E-state index in [9.17, 15) is 9.59 Å². The topological polar surface area (TPSA) is 75.4 Å². The van der Waals surface area contributed by atoms with E-state index in [4.69, 9.17) is 0 Å². The molecule has 1 aromatic heterocycles. The third-order valence-electron chi connectivity index (χ3n) is 3.67. The molecular weight excluding hydrogens is 282 g/mol. The molecule has 1 heterocycles. The van der Waals surface area contributed by atoms with Crippen LogP contribution >= 0.6 is 0 Å². The second kappa shape index (κ2) is 9.23. The molecule has 6 nitrogen and oxygen atoms in total. The molecule has 1 N–H and O–H groups in total. The number of aromatic nitrogens is 1. The lowest BCUT2D eigenvalue weighted by molar-refractivity contribution is -0.140. The number of nitrogens with one attached hydrogen (secondary N) is 1. The van der Waals surface area contributed by atoms with E-state index in [0.29, 0.717) is 5.82 Å². The van der Waals surface area contributed by atoms with Crippen molar-refractivity contribution in [3.8, 4) is 0 Å². The SMILES string of the molecule is CCCCC(CC)C(=O)N(CC(=O)Nc1ccon1)C(C)C. The van der Waals surface area contributed by atoms with Gasteiger partial charge in [0.25, 0.3) is 0 Å². The summed E-state index contributed by atoms with van der Waals surface area (Å²) in [6, 6.07) is 1.54. The number of hydrogen-bond acceptors (Lipinski definition) is 4. The Hall–Kier alpha value is -1.85. The summed E-state index contributed by atoms with van der Waals surface area (Å²) in [5.74, 6) is 0.143. The van der Waals surface area contributed by atoms with Gasteiger partial charge in [-0.2, -0.15) is 0 Å². The first-order valence-electron chi connectivity index (χ1n) is 8.00. The minimum atomic E-state index is -0.263. The van der Waals surface area contributed by atoms with Crippen LogP contribution in [0, 0.1) is 5.92 Å². The van der Waals surface area contributed by atoms with Crippen LogP contribution in [0.4, 0.5) is 5.82 Å². The van der Waals surface area contributed by atoms with Crippen molar-refractivity contribution in [2.45, 2.75) is 59.4 Å². The summed E-state index contributed by atoms with van der Waals surface area (Å²) < 4.78 is 4.67. The van der Waals surface area contributed by atoms with Crippen LogP contribution in [0.25, 0.3) is 0 Å². The molecule has 0 saturated heterocycles. The molecule has 0 aliphatic carbocycles. The first-order valence-corrected chi connectivity index (χ1v) is 8.00.